The van der Waals surface area contributed by atoms with Crippen LogP contribution in [-0.4, -0.2) is 21.3 Å². The predicted molar refractivity (Wildman–Crippen MR) is 106 cm³/mol. The van der Waals surface area contributed by atoms with Gasteiger partial charge in [0.2, 0.25) is 0 Å². The lowest BCUT2D eigenvalue weighted by Crippen LogP contribution is -2.16. The van der Waals surface area contributed by atoms with Crippen LogP contribution in [0.3, 0.4) is 0 Å². The molecule has 4 nitrogen and oxygen atoms in total. The zero-order valence-corrected chi connectivity index (χ0v) is 15.9. The van der Waals surface area contributed by atoms with E-state index in [0.29, 0.717) is 9.90 Å². The van der Waals surface area contributed by atoms with Gasteiger partial charge in [0.05, 0.1) is 4.34 Å². The van der Waals surface area contributed by atoms with Crippen molar-refractivity contribution in [2.24, 2.45) is 0 Å². The van der Waals surface area contributed by atoms with Gasteiger partial charge in [0.1, 0.15) is 10.5 Å². The maximum Gasteiger partial charge on any atom is 0.378 e. The first kappa shape index (κ1) is 17.0. The van der Waals surface area contributed by atoms with E-state index in [0.717, 1.165) is 26.5 Å². The maximum atomic E-state index is 12.6. The minimum absolute atomic E-state index is 0.170. The molecule has 0 aliphatic heterocycles. The molecule has 4 aromatic rings. The van der Waals surface area contributed by atoms with E-state index in [4.69, 9.17) is 11.6 Å². The third kappa shape index (κ3) is 2.58. The van der Waals surface area contributed by atoms with Crippen molar-refractivity contribution in [3.05, 3.63) is 63.6 Å². The highest BCUT2D eigenvalue weighted by molar-refractivity contribution is 7.19. The number of aromatic nitrogens is 1. The highest BCUT2D eigenvalue weighted by atomic mass is 35.5. The number of ketones is 1. The highest BCUT2D eigenvalue weighted by Crippen LogP contribution is 2.45. The molecule has 0 saturated carbocycles. The normalized spacial score (nSPS) is 11.2. The number of rotatable bonds is 4. The van der Waals surface area contributed by atoms with E-state index in [1.165, 1.54) is 22.7 Å². The molecule has 1 aromatic carbocycles. The monoisotopic (exact) mass is 401 g/mol. The van der Waals surface area contributed by atoms with Crippen LogP contribution in [0, 0.1) is 6.92 Å². The Morgan fingerprint density at radius 2 is 1.81 bits per heavy atom. The molecule has 0 radical (unpaired) electrons. The Kier molecular flexibility index (Phi) is 4.19. The standard InChI is InChI=1S/C19H12ClNO3S2/c1-10-9-25-18-14(11-5-3-2-4-6-11)15(12-7-8-13(20)26-12)16(21(10)18)17(22)19(23)24/h2-9H,1H3,(H,23,24). The molecule has 26 heavy (non-hydrogen) atoms. The minimum Gasteiger partial charge on any atom is -0.475 e. The summed E-state index contributed by atoms with van der Waals surface area (Å²) in [6.45, 7) is 1.86. The van der Waals surface area contributed by atoms with E-state index in [9.17, 15) is 14.7 Å². The molecule has 7 heteroatoms. The number of nitrogens with zero attached hydrogens (tertiary/aromatic N) is 1. The van der Waals surface area contributed by atoms with Crippen LogP contribution < -0.4 is 0 Å². The van der Waals surface area contributed by atoms with Gasteiger partial charge >= 0.3 is 5.97 Å². The first-order chi connectivity index (χ1) is 12.5. The molecule has 3 heterocycles. The molecule has 130 valence electrons. The first-order valence-electron chi connectivity index (χ1n) is 7.70. The number of carboxylic acid groups (broad SMARTS) is 1. The van der Waals surface area contributed by atoms with Crippen molar-refractivity contribution in [1.29, 1.82) is 0 Å². The van der Waals surface area contributed by atoms with E-state index >= 15 is 0 Å². The highest BCUT2D eigenvalue weighted by Gasteiger charge is 2.31. The van der Waals surface area contributed by atoms with Crippen LogP contribution in [0.15, 0.2) is 47.8 Å². The molecule has 0 spiro atoms. The molecule has 1 N–H and O–H groups in total. The van der Waals surface area contributed by atoms with Gasteiger partial charge in [0.25, 0.3) is 5.78 Å². The third-order valence-corrected chi connectivity index (χ3v) is 6.43. The molecule has 0 aliphatic rings. The van der Waals surface area contributed by atoms with Crippen molar-refractivity contribution in [3.8, 4) is 21.6 Å². The number of Topliss-reactive ketones (excluding diaryl/α,β-unsaturated/α-hetero) is 1. The average Bonchev–Trinajstić information content (AvgIpc) is 3.30. The molecular weight excluding hydrogens is 390 g/mol. The topological polar surface area (TPSA) is 58.8 Å². The number of hydrogen-bond donors (Lipinski definition) is 1. The number of carbonyl (C=O) groups is 2. The second-order valence-electron chi connectivity index (χ2n) is 5.72. The Morgan fingerprint density at radius 1 is 1.08 bits per heavy atom. The molecule has 0 unspecified atom stereocenters. The molecule has 0 aliphatic carbocycles. The summed E-state index contributed by atoms with van der Waals surface area (Å²) < 4.78 is 2.32. The Bertz CT molecular complexity index is 1150. The Balaban J connectivity index is 2.19. The second kappa shape index (κ2) is 6.39. The van der Waals surface area contributed by atoms with Gasteiger partial charge in [-0.3, -0.25) is 4.79 Å². The zero-order chi connectivity index (χ0) is 18.4. The number of fused-ring (bicyclic) bond motifs is 1. The summed E-state index contributed by atoms with van der Waals surface area (Å²) in [5.74, 6) is -2.40. The minimum atomic E-state index is -1.47. The Hall–Kier alpha value is -2.41. The van der Waals surface area contributed by atoms with Gasteiger partial charge in [-0.25, -0.2) is 4.79 Å². The molecular formula is C19H12ClNO3S2. The van der Waals surface area contributed by atoms with Crippen molar-refractivity contribution >= 4 is 50.9 Å². The third-order valence-electron chi connectivity index (χ3n) is 4.11. The van der Waals surface area contributed by atoms with Crippen LogP contribution in [-0.2, 0) is 4.79 Å². The molecule has 3 aromatic heterocycles. The van der Waals surface area contributed by atoms with Crippen LogP contribution in [0.4, 0.5) is 0 Å². The summed E-state index contributed by atoms with van der Waals surface area (Å²) in [5, 5.41) is 11.3. The number of hydrogen-bond acceptors (Lipinski definition) is 4. The number of thiophene rings is 1. The van der Waals surface area contributed by atoms with Crippen molar-refractivity contribution in [2.45, 2.75) is 6.92 Å². The largest absolute Gasteiger partial charge is 0.475 e. The Morgan fingerprint density at radius 3 is 2.42 bits per heavy atom. The number of thiazole rings is 1. The first-order valence-corrected chi connectivity index (χ1v) is 9.77. The lowest BCUT2D eigenvalue weighted by molar-refractivity contribution is -0.131. The molecule has 0 fully saturated rings. The van der Waals surface area contributed by atoms with E-state index in [2.05, 4.69) is 0 Å². The van der Waals surface area contributed by atoms with Gasteiger partial charge < -0.3 is 9.51 Å². The van der Waals surface area contributed by atoms with Crippen LogP contribution in [0.25, 0.3) is 26.4 Å². The van der Waals surface area contributed by atoms with Gasteiger partial charge in [-0.2, -0.15) is 0 Å². The van der Waals surface area contributed by atoms with Crippen LogP contribution in [0.5, 0.6) is 0 Å². The molecule has 0 atom stereocenters. The van der Waals surface area contributed by atoms with Crippen LogP contribution >= 0.6 is 34.3 Å². The van der Waals surface area contributed by atoms with Crippen LogP contribution in [0.1, 0.15) is 16.2 Å². The summed E-state index contributed by atoms with van der Waals surface area (Å²) in [7, 11) is 0. The fourth-order valence-electron chi connectivity index (χ4n) is 3.07. The molecule has 0 bridgehead atoms. The second-order valence-corrected chi connectivity index (χ2v) is 8.29. The summed E-state index contributed by atoms with van der Waals surface area (Å²) >= 11 is 8.94. The lowest BCUT2D eigenvalue weighted by Gasteiger charge is -2.05. The maximum absolute atomic E-state index is 12.6. The van der Waals surface area contributed by atoms with Gasteiger partial charge in [-0.15, -0.1) is 22.7 Å². The lowest BCUT2D eigenvalue weighted by atomic mass is 10.0. The number of carboxylic acids is 1. The molecule has 0 saturated heterocycles. The summed E-state index contributed by atoms with van der Waals surface area (Å²) in [4.78, 5) is 25.8. The van der Waals surface area contributed by atoms with Crippen LogP contribution in [0.2, 0.25) is 4.34 Å². The average molecular weight is 402 g/mol. The van der Waals surface area contributed by atoms with Crippen molar-refractivity contribution in [2.75, 3.05) is 0 Å². The fraction of sp³-hybridized carbons (Fsp3) is 0.0526. The van der Waals surface area contributed by atoms with E-state index in [1.807, 2.05) is 48.7 Å². The SMILES string of the molecule is Cc1csc2c(-c3ccccc3)c(-c3ccc(Cl)s3)c(C(=O)C(=O)O)n12. The molecule has 4 rings (SSSR count). The van der Waals surface area contributed by atoms with Crippen molar-refractivity contribution in [3.63, 3.8) is 0 Å². The van der Waals surface area contributed by atoms with E-state index < -0.39 is 11.8 Å². The van der Waals surface area contributed by atoms with Gasteiger partial charge in [-0.05, 0) is 24.6 Å². The van der Waals surface area contributed by atoms with Gasteiger partial charge in [0, 0.05) is 27.1 Å². The smallest absolute Gasteiger partial charge is 0.378 e. The van der Waals surface area contributed by atoms with Gasteiger partial charge in [-0.1, -0.05) is 41.9 Å². The summed E-state index contributed by atoms with van der Waals surface area (Å²) in [6.07, 6.45) is 0. The summed E-state index contributed by atoms with van der Waals surface area (Å²) in [6, 6.07) is 13.3. The van der Waals surface area contributed by atoms with Crippen molar-refractivity contribution < 1.29 is 14.7 Å². The van der Waals surface area contributed by atoms with E-state index in [1.54, 1.807) is 10.5 Å². The van der Waals surface area contributed by atoms with Crippen molar-refractivity contribution in [1.82, 2.24) is 4.40 Å². The molecule has 0 amide bonds. The Labute approximate surface area is 161 Å². The predicted octanol–water partition coefficient (Wildman–Crippen LogP) is 5.63. The fourth-order valence-corrected chi connectivity index (χ4v) is 5.23. The van der Waals surface area contributed by atoms with E-state index in [-0.39, 0.29) is 5.69 Å². The quantitative estimate of drug-likeness (QED) is 0.356. The van der Waals surface area contributed by atoms with Gasteiger partial charge in [0.15, 0.2) is 0 Å². The number of aliphatic carboxylic acids is 1. The summed E-state index contributed by atoms with van der Waals surface area (Å²) in [5.41, 5.74) is 3.39. The number of benzene rings is 1. The zero-order valence-electron chi connectivity index (χ0n) is 13.5. The number of halogens is 1. The number of aryl methyl sites for hydroxylation is 1. The number of carbonyl (C=O) groups excluding carboxylic acids is 1.